The molecule has 1 N–H and O–H groups in total. The highest BCUT2D eigenvalue weighted by Crippen LogP contribution is 2.17. The highest BCUT2D eigenvalue weighted by molar-refractivity contribution is 5.94. The Hall–Kier alpha value is -3.15. The minimum absolute atomic E-state index is 0.0851. The number of fused-ring (bicyclic) bond motifs is 1. The topological polar surface area (TPSA) is 73.2 Å². The van der Waals surface area contributed by atoms with Crippen LogP contribution >= 0.6 is 0 Å². The second kappa shape index (κ2) is 8.49. The fourth-order valence-corrected chi connectivity index (χ4v) is 2.94. The van der Waals surface area contributed by atoms with Crippen LogP contribution < -0.4 is 5.32 Å². The number of aromatic nitrogens is 2. The lowest BCUT2D eigenvalue weighted by Gasteiger charge is -2.09. The summed E-state index contributed by atoms with van der Waals surface area (Å²) in [6.07, 6.45) is 1.38. The van der Waals surface area contributed by atoms with Crippen LogP contribution in [0.3, 0.4) is 0 Å². The van der Waals surface area contributed by atoms with Gasteiger partial charge in [0.15, 0.2) is 0 Å². The molecule has 1 aromatic heterocycles. The highest BCUT2D eigenvalue weighted by atomic mass is 16.5. The smallest absolute Gasteiger partial charge is 0.325 e. The molecule has 0 aliphatic heterocycles. The minimum atomic E-state index is -0.313. The Balaban J connectivity index is 1.62. The van der Waals surface area contributed by atoms with Crippen molar-refractivity contribution >= 4 is 22.9 Å². The maximum Gasteiger partial charge on any atom is 0.325 e. The SMILES string of the molecule is COC(=O)Cn1c(CCCNC(=O)c2ccc(C)cc2)nc2ccccc21. The predicted molar refractivity (Wildman–Crippen MR) is 104 cm³/mol. The fourth-order valence-electron chi connectivity index (χ4n) is 2.94. The molecule has 3 aromatic rings. The number of amides is 1. The number of rotatable bonds is 7. The molecule has 6 nitrogen and oxygen atoms in total. The summed E-state index contributed by atoms with van der Waals surface area (Å²) >= 11 is 0. The summed E-state index contributed by atoms with van der Waals surface area (Å²) < 4.78 is 6.68. The van der Waals surface area contributed by atoms with Gasteiger partial charge in [0.25, 0.3) is 5.91 Å². The van der Waals surface area contributed by atoms with Gasteiger partial charge in [0.2, 0.25) is 0 Å². The molecule has 0 unspecified atom stereocenters. The first-order chi connectivity index (χ1) is 13.1. The van der Waals surface area contributed by atoms with Crippen molar-refractivity contribution in [3.8, 4) is 0 Å². The van der Waals surface area contributed by atoms with E-state index < -0.39 is 0 Å². The van der Waals surface area contributed by atoms with Gasteiger partial charge in [0.1, 0.15) is 12.4 Å². The average molecular weight is 365 g/mol. The second-order valence-electron chi connectivity index (χ2n) is 6.40. The minimum Gasteiger partial charge on any atom is -0.468 e. The number of ether oxygens (including phenoxy) is 1. The van der Waals surface area contributed by atoms with Crippen LogP contribution in [0, 0.1) is 6.92 Å². The summed E-state index contributed by atoms with van der Waals surface area (Å²) in [5.74, 6) is 0.413. The number of carbonyl (C=O) groups excluding carboxylic acids is 2. The maximum atomic E-state index is 12.2. The van der Waals surface area contributed by atoms with Gasteiger partial charge in [-0.25, -0.2) is 4.98 Å². The Morgan fingerprint density at radius 3 is 2.59 bits per heavy atom. The Morgan fingerprint density at radius 1 is 1.11 bits per heavy atom. The molecule has 27 heavy (non-hydrogen) atoms. The summed E-state index contributed by atoms with van der Waals surface area (Å²) in [4.78, 5) is 28.5. The Morgan fingerprint density at radius 2 is 1.85 bits per heavy atom. The number of nitrogens with one attached hydrogen (secondary N) is 1. The molecule has 0 atom stereocenters. The first-order valence-corrected chi connectivity index (χ1v) is 8.94. The molecular formula is C21H23N3O3. The van der Waals surface area contributed by atoms with E-state index in [1.165, 1.54) is 7.11 Å². The van der Waals surface area contributed by atoms with E-state index in [0.29, 0.717) is 18.5 Å². The first kappa shape index (κ1) is 18.6. The molecule has 1 amide bonds. The molecule has 0 radical (unpaired) electrons. The average Bonchev–Trinajstić information content (AvgIpc) is 3.03. The summed E-state index contributed by atoms with van der Waals surface area (Å²) in [5, 5.41) is 2.93. The predicted octanol–water partition coefficient (Wildman–Crippen LogP) is 2.88. The van der Waals surface area contributed by atoms with Gasteiger partial charge in [-0.2, -0.15) is 0 Å². The van der Waals surface area contributed by atoms with Crippen molar-refractivity contribution in [1.82, 2.24) is 14.9 Å². The van der Waals surface area contributed by atoms with E-state index in [9.17, 15) is 9.59 Å². The van der Waals surface area contributed by atoms with Crippen LogP contribution in [0.25, 0.3) is 11.0 Å². The second-order valence-corrected chi connectivity index (χ2v) is 6.40. The van der Waals surface area contributed by atoms with Gasteiger partial charge in [-0.15, -0.1) is 0 Å². The van der Waals surface area contributed by atoms with Crippen molar-refractivity contribution in [3.63, 3.8) is 0 Å². The van der Waals surface area contributed by atoms with Crippen LogP contribution in [0.4, 0.5) is 0 Å². The van der Waals surface area contributed by atoms with Gasteiger partial charge in [-0.1, -0.05) is 29.8 Å². The van der Waals surface area contributed by atoms with E-state index in [0.717, 1.165) is 28.8 Å². The number of aryl methyl sites for hydroxylation is 2. The normalized spacial score (nSPS) is 10.7. The number of imidazole rings is 1. The highest BCUT2D eigenvalue weighted by Gasteiger charge is 2.13. The zero-order chi connectivity index (χ0) is 19.2. The largest absolute Gasteiger partial charge is 0.468 e. The quantitative estimate of drug-likeness (QED) is 0.516. The number of nitrogens with zero attached hydrogens (tertiary/aromatic N) is 2. The van der Waals surface area contributed by atoms with Crippen molar-refractivity contribution < 1.29 is 14.3 Å². The van der Waals surface area contributed by atoms with Gasteiger partial charge in [0, 0.05) is 18.5 Å². The molecule has 2 aromatic carbocycles. The molecule has 0 aliphatic carbocycles. The summed E-state index contributed by atoms with van der Waals surface area (Å²) in [7, 11) is 1.38. The third-order valence-corrected chi connectivity index (χ3v) is 4.42. The number of benzene rings is 2. The van der Waals surface area contributed by atoms with Gasteiger partial charge < -0.3 is 14.6 Å². The number of esters is 1. The Kier molecular flexibility index (Phi) is 5.86. The van der Waals surface area contributed by atoms with Gasteiger partial charge in [-0.3, -0.25) is 9.59 Å². The standard InChI is InChI=1S/C21H23N3O3/c1-15-9-11-16(12-10-15)21(26)22-13-5-8-19-23-17-6-3-4-7-18(17)24(19)14-20(25)27-2/h3-4,6-7,9-12H,5,8,13-14H2,1-2H3,(H,22,26). The number of hydrogen-bond donors (Lipinski definition) is 1. The maximum absolute atomic E-state index is 12.2. The zero-order valence-electron chi connectivity index (χ0n) is 15.6. The lowest BCUT2D eigenvalue weighted by atomic mass is 10.1. The van der Waals surface area contributed by atoms with Crippen LogP contribution in [0.2, 0.25) is 0 Å². The molecule has 0 saturated heterocycles. The molecule has 0 saturated carbocycles. The van der Waals surface area contributed by atoms with E-state index in [-0.39, 0.29) is 18.4 Å². The molecule has 140 valence electrons. The van der Waals surface area contributed by atoms with Crippen molar-refractivity contribution in [2.24, 2.45) is 0 Å². The molecule has 0 spiro atoms. The van der Waals surface area contributed by atoms with E-state index in [1.807, 2.05) is 60.0 Å². The monoisotopic (exact) mass is 365 g/mol. The van der Waals surface area contributed by atoms with E-state index in [2.05, 4.69) is 10.3 Å². The van der Waals surface area contributed by atoms with Gasteiger partial charge >= 0.3 is 5.97 Å². The van der Waals surface area contributed by atoms with Crippen molar-refractivity contribution in [1.29, 1.82) is 0 Å². The van der Waals surface area contributed by atoms with Crippen LogP contribution in [-0.4, -0.2) is 35.1 Å². The number of methoxy groups -OCH3 is 1. The Labute approximate surface area is 158 Å². The van der Waals surface area contributed by atoms with Crippen LogP contribution in [-0.2, 0) is 22.5 Å². The number of carbonyl (C=O) groups is 2. The fraction of sp³-hybridized carbons (Fsp3) is 0.286. The molecule has 3 rings (SSSR count). The lowest BCUT2D eigenvalue weighted by molar-refractivity contribution is -0.141. The van der Waals surface area contributed by atoms with Crippen LogP contribution in [0.1, 0.15) is 28.2 Å². The van der Waals surface area contributed by atoms with Crippen molar-refractivity contribution in [3.05, 3.63) is 65.5 Å². The lowest BCUT2D eigenvalue weighted by Crippen LogP contribution is -2.25. The van der Waals surface area contributed by atoms with E-state index in [4.69, 9.17) is 4.74 Å². The molecule has 0 aliphatic rings. The number of hydrogen-bond acceptors (Lipinski definition) is 4. The third-order valence-electron chi connectivity index (χ3n) is 4.42. The molecule has 0 bridgehead atoms. The van der Waals surface area contributed by atoms with Crippen molar-refractivity contribution in [2.45, 2.75) is 26.3 Å². The Bertz CT molecular complexity index is 945. The van der Waals surface area contributed by atoms with Crippen molar-refractivity contribution in [2.75, 3.05) is 13.7 Å². The summed E-state index contributed by atoms with van der Waals surface area (Å²) in [5.41, 5.74) is 3.52. The van der Waals surface area contributed by atoms with E-state index >= 15 is 0 Å². The molecule has 6 heteroatoms. The molecule has 1 heterocycles. The summed E-state index contributed by atoms with van der Waals surface area (Å²) in [6.45, 7) is 2.65. The number of para-hydroxylation sites is 2. The van der Waals surface area contributed by atoms with Gasteiger partial charge in [-0.05, 0) is 37.6 Å². The van der Waals surface area contributed by atoms with E-state index in [1.54, 1.807) is 0 Å². The van der Waals surface area contributed by atoms with Crippen LogP contribution in [0.5, 0.6) is 0 Å². The van der Waals surface area contributed by atoms with Crippen LogP contribution in [0.15, 0.2) is 48.5 Å². The first-order valence-electron chi connectivity index (χ1n) is 8.94. The molecule has 0 fully saturated rings. The summed E-state index contributed by atoms with van der Waals surface area (Å²) in [6, 6.07) is 15.2. The molecular weight excluding hydrogens is 342 g/mol. The van der Waals surface area contributed by atoms with Gasteiger partial charge in [0.05, 0.1) is 18.1 Å². The third kappa shape index (κ3) is 4.53. The zero-order valence-corrected chi connectivity index (χ0v) is 15.6.